The number of hydrogen-bond donors (Lipinski definition) is 1. The molecular weight excluding hydrogens is 524 g/mol. The summed E-state index contributed by atoms with van der Waals surface area (Å²) in [4.78, 5) is 32.4. The van der Waals surface area contributed by atoms with Gasteiger partial charge in [0, 0.05) is 35.6 Å². The summed E-state index contributed by atoms with van der Waals surface area (Å²) >= 11 is 6.35. The molecule has 0 bridgehead atoms. The number of benzene rings is 2. The van der Waals surface area contributed by atoms with Gasteiger partial charge in [-0.2, -0.15) is 0 Å². The molecule has 0 saturated carbocycles. The first-order valence-electron chi connectivity index (χ1n) is 12.6. The number of carbonyl (C=O) groups is 3. The molecule has 2 aromatic carbocycles. The summed E-state index contributed by atoms with van der Waals surface area (Å²) in [6.07, 6.45) is 9.19. The molecule has 39 heavy (non-hydrogen) atoms. The maximum absolute atomic E-state index is 11.3. The van der Waals surface area contributed by atoms with E-state index in [1.165, 1.54) is 28.6 Å². The van der Waals surface area contributed by atoms with Gasteiger partial charge in [0.15, 0.2) is 0 Å². The van der Waals surface area contributed by atoms with Crippen LogP contribution < -0.4 is 15.0 Å². The topological polar surface area (TPSA) is 103 Å². The minimum atomic E-state index is -0.293. The zero-order chi connectivity index (χ0) is 28.3. The lowest BCUT2D eigenvalue weighted by Gasteiger charge is -2.27. The quantitative estimate of drug-likeness (QED) is 0.0867. The molecule has 0 amide bonds. The molecule has 0 fully saturated rings. The van der Waals surface area contributed by atoms with Gasteiger partial charge in [-0.25, -0.2) is 4.79 Å². The van der Waals surface area contributed by atoms with Crippen molar-refractivity contribution in [3.63, 3.8) is 0 Å². The van der Waals surface area contributed by atoms with Crippen LogP contribution in [-0.2, 0) is 41.4 Å². The lowest BCUT2D eigenvalue weighted by atomic mass is 10.0. The predicted molar refractivity (Wildman–Crippen MR) is 150 cm³/mol. The Morgan fingerprint density at radius 3 is 2.44 bits per heavy atom. The summed E-state index contributed by atoms with van der Waals surface area (Å²) in [5, 5.41) is 4.10. The van der Waals surface area contributed by atoms with Crippen molar-refractivity contribution in [1.82, 2.24) is 5.32 Å². The molecule has 0 saturated heterocycles. The van der Waals surface area contributed by atoms with Crippen LogP contribution in [0.2, 0.25) is 5.02 Å². The summed E-state index contributed by atoms with van der Waals surface area (Å²) in [5.74, 6) is 0.598. The van der Waals surface area contributed by atoms with E-state index >= 15 is 0 Å². The van der Waals surface area contributed by atoms with Crippen LogP contribution in [0.25, 0.3) is 0 Å². The first-order chi connectivity index (χ1) is 19.0. The summed E-state index contributed by atoms with van der Waals surface area (Å²) in [5.41, 5.74) is 5.05. The van der Waals surface area contributed by atoms with Crippen molar-refractivity contribution in [2.24, 2.45) is 0 Å². The lowest BCUT2D eigenvalue weighted by Crippen LogP contribution is -2.22. The molecule has 0 aromatic heterocycles. The fraction of sp³-hybridized carbons (Fsp3) is 0.345. The summed E-state index contributed by atoms with van der Waals surface area (Å²) in [7, 11) is 1.71. The number of halogens is 1. The number of rotatable bonds is 14. The largest absolute Gasteiger partial charge is 0.497 e. The number of aryl methyl sites for hydroxylation is 2. The second kappa shape index (κ2) is 18.4. The summed E-state index contributed by atoms with van der Waals surface area (Å²) in [6, 6.07) is 12.5. The Morgan fingerprint density at radius 1 is 1.00 bits per heavy atom. The van der Waals surface area contributed by atoms with E-state index in [2.05, 4.69) is 44.0 Å². The molecule has 0 atom stereocenters. The molecular formula is C29H35ClN2O7. The van der Waals surface area contributed by atoms with Gasteiger partial charge >= 0.3 is 5.97 Å². The lowest BCUT2D eigenvalue weighted by molar-refractivity contribution is -0.137. The number of nitrogens with one attached hydrogen (secondary N) is 1. The van der Waals surface area contributed by atoms with E-state index in [0.717, 1.165) is 62.1 Å². The highest BCUT2D eigenvalue weighted by Gasteiger charge is 2.21. The van der Waals surface area contributed by atoms with Crippen molar-refractivity contribution in [2.75, 3.05) is 38.3 Å². The normalized spacial score (nSPS) is 12.0. The van der Waals surface area contributed by atoms with E-state index in [-0.39, 0.29) is 18.9 Å². The second-order valence-corrected chi connectivity index (χ2v) is 8.66. The van der Waals surface area contributed by atoms with Gasteiger partial charge in [0.2, 0.25) is 0 Å². The van der Waals surface area contributed by atoms with E-state index in [1.807, 2.05) is 12.1 Å². The Morgan fingerprint density at radius 2 is 1.74 bits per heavy atom. The number of hydrogen-bond acceptors (Lipinski definition) is 9. The Bertz CT molecular complexity index is 1110. The van der Waals surface area contributed by atoms with Crippen LogP contribution in [-0.4, -0.2) is 52.3 Å². The van der Waals surface area contributed by atoms with Gasteiger partial charge in [-0.05, 0) is 80.6 Å². The Labute approximate surface area is 234 Å². The second-order valence-electron chi connectivity index (χ2n) is 8.22. The maximum Gasteiger partial charge on any atom is 0.330 e. The maximum atomic E-state index is 11.3. The number of unbranched alkanes of at least 4 members (excludes halogenated alkanes) is 1. The van der Waals surface area contributed by atoms with Crippen molar-refractivity contribution in [3.05, 3.63) is 77.2 Å². The Kier molecular flexibility index (Phi) is 14.8. The van der Waals surface area contributed by atoms with Crippen LogP contribution in [0.1, 0.15) is 30.9 Å². The van der Waals surface area contributed by atoms with Gasteiger partial charge in [-0.15, -0.1) is 0 Å². The smallest absolute Gasteiger partial charge is 0.330 e. The van der Waals surface area contributed by atoms with Crippen molar-refractivity contribution in [3.8, 4) is 5.75 Å². The first-order valence-corrected chi connectivity index (χ1v) is 13.0. The van der Waals surface area contributed by atoms with Crippen LogP contribution in [0.4, 0.5) is 11.4 Å². The van der Waals surface area contributed by atoms with Crippen LogP contribution in [0.5, 0.6) is 5.75 Å². The monoisotopic (exact) mass is 558 g/mol. The van der Waals surface area contributed by atoms with Gasteiger partial charge < -0.3 is 29.2 Å². The number of ether oxygens (including phenoxy) is 4. The number of anilines is 2. The number of fused-ring (bicyclic) bond motifs is 2. The number of esters is 1. The van der Waals surface area contributed by atoms with Gasteiger partial charge in [-0.3, -0.25) is 9.59 Å². The van der Waals surface area contributed by atoms with Crippen molar-refractivity contribution in [1.29, 1.82) is 0 Å². The molecule has 1 N–H and O–H groups in total. The first kappa shape index (κ1) is 31.4. The fourth-order valence-corrected chi connectivity index (χ4v) is 4.14. The van der Waals surface area contributed by atoms with E-state index in [9.17, 15) is 14.4 Å². The number of nitrogens with zero attached hydrogens (tertiary/aromatic N) is 1. The molecule has 0 spiro atoms. The summed E-state index contributed by atoms with van der Waals surface area (Å²) in [6.45, 7) is 5.08. The third kappa shape index (κ3) is 11.2. The molecule has 1 heterocycles. The van der Waals surface area contributed by atoms with Gasteiger partial charge in [0.25, 0.3) is 12.9 Å². The molecule has 0 aliphatic carbocycles. The molecule has 1 aliphatic heterocycles. The van der Waals surface area contributed by atoms with Crippen LogP contribution >= 0.6 is 11.6 Å². The molecule has 10 heteroatoms. The number of carbonyl (C=O) groups excluding carboxylic acids is 3. The van der Waals surface area contributed by atoms with Gasteiger partial charge in [0.05, 0.1) is 13.7 Å². The predicted octanol–water partition coefficient (Wildman–Crippen LogP) is 4.88. The molecule has 0 unspecified atom stereocenters. The highest BCUT2D eigenvalue weighted by atomic mass is 35.5. The van der Waals surface area contributed by atoms with E-state index in [0.29, 0.717) is 13.2 Å². The highest BCUT2D eigenvalue weighted by Crippen LogP contribution is 2.39. The molecule has 1 aliphatic rings. The molecule has 210 valence electrons. The van der Waals surface area contributed by atoms with Crippen molar-refractivity contribution in [2.45, 2.75) is 32.6 Å². The SMILES string of the molecule is CCOC(=O)/C=C/CNCCCCN1c2ccc(OC)cc2CCc2ccc(Cl)cc21.O=CO/C=C\OC=O. The van der Waals surface area contributed by atoms with E-state index in [1.54, 1.807) is 20.1 Å². The molecule has 9 nitrogen and oxygen atoms in total. The summed E-state index contributed by atoms with van der Waals surface area (Å²) < 4.78 is 18.3. The van der Waals surface area contributed by atoms with E-state index in [4.69, 9.17) is 21.1 Å². The zero-order valence-corrected chi connectivity index (χ0v) is 23.0. The third-order valence-corrected chi connectivity index (χ3v) is 5.93. The zero-order valence-electron chi connectivity index (χ0n) is 22.3. The van der Waals surface area contributed by atoms with Gasteiger partial charge in [-0.1, -0.05) is 23.7 Å². The molecule has 3 rings (SSSR count). The molecule has 0 radical (unpaired) electrons. The van der Waals surface area contributed by atoms with Crippen molar-refractivity contribution < 1.29 is 33.3 Å². The Hall–Kier alpha value is -3.82. The average Bonchev–Trinajstić information content (AvgIpc) is 3.09. The molecule has 2 aromatic rings. The minimum Gasteiger partial charge on any atom is -0.497 e. The highest BCUT2D eigenvalue weighted by molar-refractivity contribution is 6.30. The van der Waals surface area contributed by atoms with Crippen LogP contribution in [0.15, 0.2) is 61.1 Å². The number of methoxy groups -OCH3 is 1. The average molecular weight is 559 g/mol. The Balaban J connectivity index is 0.000000580. The standard InChI is InChI=1S/C25H31ClN2O3.C4H4O4/c1-3-31-25(29)7-6-15-27-14-4-5-16-28-23-13-12-22(30-2)17-20(23)9-8-19-10-11-21(26)18-24(19)28;5-3-7-1-2-8-4-6/h6-7,10-13,17-18,27H,3-5,8-9,14-16H2,1-2H3;1-4H/b7-6+;2-1-. The minimum absolute atomic E-state index is 0.213. The van der Waals surface area contributed by atoms with Crippen molar-refractivity contribution >= 4 is 41.9 Å². The van der Waals surface area contributed by atoms with Crippen LogP contribution in [0, 0.1) is 0 Å². The third-order valence-electron chi connectivity index (χ3n) is 5.69. The van der Waals surface area contributed by atoms with Crippen LogP contribution in [0.3, 0.4) is 0 Å². The van der Waals surface area contributed by atoms with E-state index < -0.39 is 0 Å². The van der Waals surface area contributed by atoms with Gasteiger partial charge in [0.1, 0.15) is 18.3 Å². The fourth-order valence-electron chi connectivity index (χ4n) is 3.97.